The Morgan fingerprint density at radius 3 is 2.26 bits per heavy atom. The molecule has 0 saturated heterocycles. The molecule has 1 nitrogen and oxygen atoms in total. The third-order valence-corrected chi connectivity index (χ3v) is 4.64. The number of aryl methyl sites for hydroxylation is 3. The van der Waals surface area contributed by atoms with E-state index in [0.717, 1.165) is 15.5 Å². The van der Waals surface area contributed by atoms with Gasteiger partial charge >= 0.3 is 0 Å². The average molecular weight is 383 g/mol. The lowest BCUT2D eigenvalue weighted by Gasteiger charge is -2.13. The first-order valence-electron chi connectivity index (χ1n) is 6.23. The molecule has 0 aliphatic heterocycles. The van der Waals surface area contributed by atoms with Crippen LogP contribution < -0.4 is 5.32 Å². The van der Waals surface area contributed by atoms with Crippen LogP contribution in [0.15, 0.2) is 39.3 Å². The first kappa shape index (κ1) is 14.6. The molecule has 0 heterocycles. The highest BCUT2D eigenvalue weighted by Gasteiger charge is 2.05. The van der Waals surface area contributed by atoms with Crippen LogP contribution in [0, 0.1) is 20.8 Å². The Balaban J connectivity index is 2.16. The largest absolute Gasteiger partial charge is 0.380 e. The molecule has 0 aliphatic carbocycles. The summed E-state index contributed by atoms with van der Waals surface area (Å²) in [5, 5.41) is 3.51. The topological polar surface area (TPSA) is 12.0 Å². The molecular weight excluding hydrogens is 366 g/mol. The van der Waals surface area contributed by atoms with Crippen LogP contribution in [0.2, 0.25) is 0 Å². The number of halogens is 2. The minimum Gasteiger partial charge on any atom is -0.380 e. The van der Waals surface area contributed by atoms with Crippen molar-refractivity contribution in [3.05, 3.63) is 61.5 Å². The lowest BCUT2D eigenvalue weighted by molar-refractivity contribution is 1.12. The molecule has 0 aliphatic rings. The van der Waals surface area contributed by atoms with Crippen molar-refractivity contribution in [2.45, 2.75) is 27.3 Å². The van der Waals surface area contributed by atoms with Crippen molar-refractivity contribution in [1.82, 2.24) is 0 Å². The van der Waals surface area contributed by atoms with Gasteiger partial charge in [0, 0.05) is 15.5 Å². The van der Waals surface area contributed by atoms with E-state index in [1.807, 2.05) is 0 Å². The van der Waals surface area contributed by atoms with Crippen LogP contribution in [0.1, 0.15) is 22.3 Å². The SMILES string of the molecule is Cc1cc(C)c(NCc2ccc(Br)c(C)c2)c(Br)c1. The predicted octanol–water partition coefficient (Wildman–Crippen LogP) is 5.75. The maximum atomic E-state index is 3.63. The van der Waals surface area contributed by atoms with Crippen molar-refractivity contribution in [2.75, 3.05) is 5.32 Å². The molecule has 0 radical (unpaired) electrons. The fourth-order valence-corrected chi connectivity index (χ4v) is 3.21. The Labute approximate surface area is 131 Å². The molecule has 100 valence electrons. The number of hydrogen-bond donors (Lipinski definition) is 1. The molecule has 0 spiro atoms. The molecule has 0 aromatic heterocycles. The lowest BCUT2D eigenvalue weighted by atomic mass is 10.1. The first-order valence-corrected chi connectivity index (χ1v) is 7.81. The maximum absolute atomic E-state index is 3.63. The summed E-state index contributed by atoms with van der Waals surface area (Å²) in [6.07, 6.45) is 0. The molecule has 2 aromatic rings. The van der Waals surface area contributed by atoms with Crippen LogP contribution in [0.25, 0.3) is 0 Å². The Bertz CT molecular complexity index is 583. The molecule has 3 heteroatoms. The second kappa shape index (κ2) is 6.10. The van der Waals surface area contributed by atoms with Gasteiger partial charge < -0.3 is 5.32 Å². The van der Waals surface area contributed by atoms with E-state index in [9.17, 15) is 0 Å². The van der Waals surface area contributed by atoms with Crippen LogP contribution in [0.4, 0.5) is 5.69 Å². The standard InChI is InChI=1S/C16H17Br2N/c1-10-6-12(3)16(15(18)7-10)19-9-13-4-5-14(17)11(2)8-13/h4-8,19H,9H2,1-3H3. The number of hydrogen-bond acceptors (Lipinski definition) is 1. The normalized spacial score (nSPS) is 10.6. The Hall–Kier alpha value is -0.800. The van der Waals surface area contributed by atoms with Crippen molar-refractivity contribution < 1.29 is 0 Å². The smallest absolute Gasteiger partial charge is 0.0517 e. The Morgan fingerprint density at radius 1 is 0.895 bits per heavy atom. The first-order chi connectivity index (χ1) is 8.97. The van der Waals surface area contributed by atoms with Gasteiger partial charge in [0.25, 0.3) is 0 Å². The number of nitrogens with one attached hydrogen (secondary N) is 1. The third-order valence-electron chi connectivity index (χ3n) is 3.12. The minimum atomic E-state index is 0.830. The molecule has 1 N–H and O–H groups in total. The van der Waals surface area contributed by atoms with Gasteiger partial charge in [0.05, 0.1) is 5.69 Å². The zero-order chi connectivity index (χ0) is 14.0. The molecule has 19 heavy (non-hydrogen) atoms. The summed E-state index contributed by atoms with van der Waals surface area (Å²) in [4.78, 5) is 0. The molecule has 0 bridgehead atoms. The molecule has 2 aromatic carbocycles. The summed E-state index contributed by atoms with van der Waals surface area (Å²) >= 11 is 7.16. The highest BCUT2D eigenvalue weighted by molar-refractivity contribution is 9.10. The maximum Gasteiger partial charge on any atom is 0.0517 e. The van der Waals surface area contributed by atoms with Crippen LogP contribution in [0.5, 0.6) is 0 Å². The van der Waals surface area contributed by atoms with Crippen LogP contribution in [0.3, 0.4) is 0 Å². The van der Waals surface area contributed by atoms with Gasteiger partial charge in [-0.1, -0.05) is 34.1 Å². The second-order valence-electron chi connectivity index (χ2n) is 4.88. The summed E-state index contributed by atoms with van der Waals surface area (Å²) < 4.78 is 2.28. The predicted molar refractivity (Wildman–Crippen MR) is 89.8 cm³/mol. The van der Waals surface area contributed by atoms with Crippen molar-refractivity contribution in [3.63, 3.8) is 0 Å². The van der Waals surface area contributed by atoms with Gasteiger partial charge in [-0.2, -0.15) is 0 Å². The number of anilines is 1. The molecule has 0 unspecified atom stereocenters. The van der Waals surface area contributed by atoms with Crippen LogP contribution in [-0.2, 0) is 6.54 Å². The van der Waals surface area contributed by atoms with E-state index in [1.165, 1.54) is 27.9 Å². The van der Waals surface area contributed by atoms with Crippen LogP contribution in [-0.4, -0.2) is 0 Å². The van der Waals surface area contributed by atoms with Crippen molar-refractivity contribution >= 4 is 37.5 Å². The zero-order valence-corrected chi connectivity index (χ0v) is 14.5. The zero-order valence-electron chi connectivity index (χ0n) is 11.3. The van der Waals surface area contributed by atoms with Gasteiger partial charge in [-0.05, 0) is 71.1 Å². The minimum absolute atomic E-state index is 0.830. The van der Waals surface area contributed by atoms with Crippen molar-refractivity contribution in [2.24, 2.45) is 0 Å². The van der Waals surface area contributed by atoms with E-state index in [2.05, 4.69) is 88.3 Å². The Kier molecular flexibility index (Phi) is 4.69. The van der Waals surface area contributed by atoms with E-state index in [1.54, 1.807) is 0 Å². The lowest BCUT2D eigenvalue weighted by Crippen LogP contribution is -2.02. The quantitative estimate of drug-likeness (QED) is 0.712. The Morgan fingerprint density at radius 2 is 1.63 bits per heavy atom. The fraction of sp³-hybridized carbons (Fsp3) is 0.250. The van der Waals surface area contributed by atoms with Gasteiger partial charge in [-0.15, -0.1) is 0 Å². The molecule has 0 amide bonds. The highest BCUT2D eigenvalue weighted by atomic mass is 79.9. The summed E-state index contributed by atoms with van der Waals surface area (Å²) in [6, 6.07) is 10.8. The molecule has 0 fully saturated rings. The van der Waals surface area contributed by atoms with E-state index in [0.29, 0.717) is 0 Å². The number of benzene rings is 2. The van der Waals surface area contributed by atoms with Gasteiger partial charge in [-0.25, -0.2) is 0 Å². The average Bonchev–Trinajstić information content (AvgIpc) is 2.32. The van der Waals surface area contributed by atoms with Gasteiger partial charge in [-0.3, -0.25) is 0 Å². The van der Waals surface area contributed by atoms with E-state index in [-0.39, 0.29) is 0 Å². The fourth-order valence-electron chi connectivity index (χ4n) is 2.15. The second-order valence-corrected chi connectivity index (χ2v) is 6.58. The monoisotopic (exact) mass is 381 g/mol. The molecule has 2 rings (SSSR count). The van der Waals surface area contributed by atoms with Gasteiger partial charge in [0.15, 0.2) is 0 Å². The van der Waals surface area contributed by atoms with E-state index < -0.39 is 0 Å². The van der Waals surface area contributed by atoms with Gasteiger partial charge in [0.2, 0.25) is 0 Å². The highest BCUT2D eigenvalue weighted by Crippen LogP contribution is 2.28. The van der Waals surface area contributed by atoms with Crippen molar-refractivity contribution in [1.29, 1.82) is 0 Å². The van der Waals surface area contributed by atoms with Gasteiger partial charge in [0.1, 0.15) is 0 Å². The van der Waals surface area contributed by atoms with Crippen molar-refractivity contribution in [3.8, 4) is 0 Å². The van der Waals surface area contributed by atoms with E-state index >= 15 is 0 Å². The molecule has 0 atom stereocenters. The summed E-state index contributed by atoms with van der Waals surface area (Å²) in [5.41, 5.74) is 6.26. The van der Waals surface area contributed by atoms with Crippen LogP contribution >= 0.6 is 31.9 Å². The molecule has 0 saturated carbocycles. The number of rotatable bonds is 3. The summed E-state index contributed by atoms with van der Waals surface area (Å²) in [6.45, 7) is 7.18. The third kappa shape index (κ3) is 3.61. The molecular formula is C16H17Br2N. The summed E-state index contributed by atoms with van der Waals surface area (Å²) in [5.74, 6) is 0. The summed E-state index contributed by atoms with van der Waals surface area (Å²) in [7, 11) is 0. The van der Waals surface area contributed by atoms with E-state index in [4.69, 9.17) is 0 Å².